The summed E-state index contributed by atoms with van der Waals surface area (Å²) >= 11 is 12.9. The summed E-state index contributed by atoms with van der Waals surface area (Å²) in [4.78, 5) is 31.1. The molecule has 5 nitrogen and oxygen atoms in total. The number of carbonyl (C=O) groups is 2. The molecule has 2 unspecified atom stereocenters. The number of fused-ring (bicyclic) bond motifs is 1. The second-order valence-electron chi connectivity index (χ2n) is 7.00. The van der Waals surface area contributed by atoms with Crippen LogP contribution in [0.5, 0.6) is 0 Å². The van der Waals surface area contributed by atoms with Gasteiger partial charge in [-0.25, -0.2) is 4.99 Å². The number of benzene rings is 1. The van der Waals surface area contributed by atoms with Crippen molar-refractivity contribution in [2.24, 2.45) is 10.9 Å². The van der Waals surface area contributed by atoms with Crippen LogP contribution < -0.4 is 0 Å². The molecule has 0 aliphatic carbocycles. The van der Waals surface area contributed by atoms with E-state index in [1.165, 1.54) is 0 Å². The first-order chi connectivity index (χ1) is 12.7. The maximum Gasteiger partial charge on any atom is 0.255 e. The van der Waals surface area contributed by atoms with Crippen LogP contribution in [0.3, 0.4) is 0 Å². The third-order valence-corrected chi connectivity index (χ3v) is 5.86. The van der Waals surface area contributed by atoms with E-state index in [2.05, 4.69) is 11.1 Å². The molecule has 0 radical (unpaired) electrons. The molecule has 140 valence electrons. The van der Waals surface area contributed by atoms with Crippen molar-refractivity contribution >= 4 is 40.7 Å². The van der Waals surface area contributed by atoms with Crippen LogP contribution in [0, 0.1) is 17.2 Å². The Morgan fingerprint density at radius 3 is 2.70 bits per heavy atom. The molecule has 2 heterocycles. The molecule has 7 heteroatoms. The second-order valence-corrected chi connectivity index (χ2v) is 7.78. The van der Waals surface area contributed by atoms with Gasteiger partial charge in [-0.1, -0.05) is 28.8 Å². The topological polar surface area (TPSA) is 73.5 Å². The van der Waals surface area contributed by atoms with Gasteiger partial charge in [-0.05, 0) is 50.5 Å². The average Bonchev–Trinajstić information content (AvgIpc) is 2.61. The summed E-state index contributed by atoms with van der Waals surface area (Å²) < 4.78 is 0. The molecule has 3 rings (SSSR count). The third-order valence-electron chi connectivity index (χ3n) is 5.11. The Balaban J connectivity index is 1.95. The van der Waals surface area contributed by atoms with Crippen molar-refractivity contribution in [3.05, 3.63) is 44.5 Å². The molecule has 0 saturated carbocycles. The van der Waals surface area contributed by atoms with Crippen LogP contribution in [0.2, 0.25) is 10.0 Å². The minimum absolute atomic E-state index is 0.234. The molecule has 27 heavy (non-hydrogen) atoms. The molecule has 0 fully saturated rings. The van der Waals surface area contributed by atoms with Crippen LogP contribution in [0.4, 0.5) is 0 Å². The molecule has 0 spiro atoms. The highest BCUT2D eigenvalue weighted by Crippen LogP contribution is 2.38. The van der Waals surface area contributed by atoms with Crippen LogP contribution in [0.1, 0.15) is 48.2 Å². The first-order valence-electron chi connectivity index (χ1n) is 8.71. The lowest BCUT2D eigenvalue weighted by atomic mass is 9.90. The van der Waals surface area contributed by atoms with Crippen LogP contribution in [-0.2, 0) is 11.2 Å². The molecule has 2 aliphatic heterocycles. The number of nitrogens with zero attached hydrogens (tertiary/aromatic N) is 3. The lowest BCUT2D eigenvalue weighted by Gasteiger charge is -2.33. The van der Waals surface area contributed by atoms with E-state index in [0.29, 0.717) is 40.4 Å². The third kappa shape index (κ3) is 3.52. The number of carbonyl (C=O) groups excluding carboxylic acids is 2. The largest absolute Gasteiger partial charge is 0.337 e. The number of aliphatic imine (C=N–C) groups is 1. The zero-order valence-corrected chi connectivity index (χ0v) is 16.9. The highest BCUT2D eigenvalue weighted by molar-refractivity contribution is 6.37. The van der Waals surface area contributed by atoms with E-state index in [9.17, 15) is 14.9 Å². The summed E-state index contributed by atoms with van der Waals surface area (Å²) in [6.45, 7) is 6.07. The molecule has 0 N–H and O–H groups in total. The van der Waals surface area contributed by atoms with E-state index < -0.39 is 11.8 Å². The summed E-state index contributed by atoms with van der Waals surface area (Å²) in [6.07, 6.45) is 2.41. The van der Waals surface area contributed by atoms with Crippen LogP contribution >= 0.6 is 23.2 Å². The minimum Gasteiger partial charge on any atom is -0.337 e. The van der Waals surface area contributed by atoms with Crippen LogP contribution in [-0.4, -0.2) is 35.5 Å². The zero-order valence-electron chi connectivity index (χ0n) is 15.3. The lowest BCUT2D eigenvalue weighted by molar-refractivity contribution is -0.120. The van der Waals surface area contributed by atoms with Gasteiger partial charge in [0.1, 0.15) is 0 Å². The molecule has 0 aromatic heterocycles. The fraction of sp³-hybridized carbons (Fsp3) is 0.400. The first-order valence-corrected chi connectivity index (χ1v) is 9.47. The van der Waals surface area contributed by atoms with Gasteiger partial charge in [0, 0.05) is 23.8 Å². The monoisotopic (exact) mass is 403 g/mol. The molecule has 0 bridgehead atoms. The molecule has 2 atom stereocenters. The van der Waals surface area contributed by atoms with Crippen molar-refractivity contribution in [1.82, 2.24) is 4.90 Å². The molecule has 0 saturated heterocycles. The minimum atomic E-state index is -0.481. The number of hydrogen-bond acceptors (Lipinski definition) is 3. The predicted molar refractivity (Wildman–Crippen MR) is 105 cm³/mol. The van der Waals surface area contributed by atoms with Crippen molar-refractivity contribution in [2.45, 2.75) is 33.1 Å². The molecular weight excluding hydrogens is 385 g/mol. The number of dihydropyridines is 1. The SMILES string of the molecule is CC1=CC(C)=NC(=O)C1CN1CCc2c(Cl)cc(C(C)C#N)c(Cl)c2C1=O. The normalized spacial score (nSPS) is 20.6. The Labute approximate surface area is 168 Å². The quantitative estimate of drug-likeness (QED) is 0.759. The highest BCUT2D eigenvalue weighted by Gasteiger charge is 2.34. The van der Waals surface area contributed by atoms with Crippen molar-refractivity contribution < 1.29 is 9.59 Å². The van der Waals surface area contributed by atoms with Gasteiger partial charge in [-0.15, -0.1) is 0 Å². The smallest absolute Gasteiger partial charge is 0.255 e. The Kier molecular flexibility index (Phi) is 5.41. The van der Waals surface area contributed by atoms with Gasteiger partial charge in [0.25, 0.3) is 11.8 Å². The maximum atomic E-state index is 13.1. The first kappa shape index (κ1) is 19.6. The van der Waals surface area contributed by atoms with E-state index in [-0.39, 0.29) is 23.4 Å². The lowest BCUT2D eigenvalue weighted by Crippen LogP contribution is -2.43. The number of allylic oxidation sites excluding steroid dienone is 1. The number of hydrogen-bond donors (Lipinski definition) is 0. The summed E-state index contributed by atoms with van der Waals surface area (Å²) in [6, 6.07) is 3.80. The predicted octanol–water partition coefficient (Wildman–Crippen LogP) is 4.18. The molecule has 2 aliphatic rings. The standard InChI is InChI=1S/C20H19Cl2N3O2/c1-10-6-12(3)24-19(26)15(10)9-25-5-4-13-16(21)7-14(11(2)8-23)18(22)17(13)20(25)27/h6-7,11,15H,4-5,9H2,1-3H3. The number of halogens is 2. The zero-order chi connectivity index (χ0) is 19.9. The van der Waals surface area contributed by atoms with Gasteiger partial charge in [0.05, 0.1) is 28.5 Å². The Bertz CT molecular complexity index is 944. The molecule has 2 amide bonds. The summed E-state index contributed by atoms with van der Waals surface area (Å²) in [5.41, 5.74) is 3.16. The van der Waals surface area contributed by atoms with Gasteiger partial charge in [-0.2, -0.15) is 5.26 Å². The van der Waals surface area contributed by atoms with Crippen molar-refractivity contribution in [2.75, 3.05) is 13.1 Å². The Hall–Kier alpha value is -2.16. The van der Waals surface area contributed by atoms with Crippen LogP contribution in [0.15, 0.2) is 22.7 Å². The van der Waals surface area contributed by atoms with E-state index in [0.717, 1.165) is 5.57 Å². The van der Waals surface area contributed by atoms with Crippen molar-refractivity contribution in [1.29, 1.82) is 5.26 Å². The number of nitriles is 1. The van der Waals surface area contributed by atoms with Gasteiger partial charge in [-0.3, -0.25) is 9.59 Å². The highest BCUT2D eigenvalue weighted by atomic mass is 35.5. The van der Waals surface area contributed by atoms with Gasteiger partial charge in [0.15, 0.2) is 0 Å². The second kappa shape index (κ2) is 7.46. The van der Waals surface area contributed by atoms with Gasteiger partial charge in [0.2, 0.25) is 0 Å². The van der Waals surface area contributed by atoms with E-state index in [4.69, 9.17) is 23.2 Å². The summed E-state index contributed by atoms with van der Waals surface area (Å²) in [5.74, 6) is -1.43. The van der Waals surface area contributed by atoms with E-state index >= 15 is 0 Å². The summed E-state index contributed by atoms with van der Waals surface area (Å²) in [5, 5.41) is 9.94. The van der Waals surface area contributed by atoms with Gasteiger partial charge >= 0.3 is 0 Å². The van der Waals surface area contributed by atoms with E-state index in [1.54, 1.807) is 24.8 Å². The molecule has 1 aromatic rings. The van der Waals surface area contributed by atoms with E-state index in [1.807, 2.05) is 13.0 Å². The van der Waals surface area contributed by atoms with Crippen molar-refractivity contribution in [3.8, 4) is 6.07 Å². The number of amides is 2. The molecule has 1 aromatic carbocycles. The van der Waals surface area contributed by atoms with Crippen LogP contribution in [0.25, 0.3) is 0 Å². The number of rotatable bonds is 3. The fourth-order valence-electron chi connectivity index (χ4n) is 3.57. The molecular formula is C20H19Cl2N3O2. The maximum absolute atomic E-state index is 13.1. The summed E-state index contributed by atoms with van der Waals surface area (Å²) in [7, 11) is 0. The Morgan fingerprint density at radius 1 is 1.37 bits per heavy atom. The fourth-order valence-corrected chi connectivity index (χ4v) is 4.29. The Morgan fingerprint density at radius 2 is 2.07 bits per heavy atom. The average molecular weight is 404 g/mol. The van der Waals surface area contributed by atoms with Crippen molar-refractivity contribution in [3.63, 3.8) is 0 Å². The van der Waals surface area contributed by atoms with Gasteiger partial charge < -0.3 is 4.90 Å².